The van der Waals surface area contributed by atoms with E-state index in [1.807, 2.05) is 0 Å². The summed E-state index contributed by atoms with van der Waals surface area (Å²) < 4.78 is 20.3. The number of methoxy groups -OCH3 is 1. The van der Waals surface area contributed by atoms with Crippen molar-refractivity contribution < 1.29 is 13.9 Å². The second-order valence-electron chi connectivity index (χ2n) is 3.86. The largest absolute Gasteiger partial charge is 0.464 e. The van der Waals surface area contributed by atoms with Crippen LogP contribution in [-0.4, -0.2) is 22.9 Å². The van der Waals surface area contributed by atoms with Crippen molar-refractivity contribution in [2.24, 2.45) is 0 Å². The van der Waals surface area contributed by atoms with Crippen LogP contribution in [0.3, 0.4) is 0 Å². The van der Waals surface area contributed by atoms with E-state index in [0.717, 1.165) is 0 Å². The summed E-state index contributed by atoms with van der Waals surface area (Å²) in [5.74, 6) is -0.976. The molecule has 0 saturated heterocycles. The molecule has 100 valence electrons. The number of esters is 1. The fraction of sp³-hybridized carbons (Fsp3) is 0.167. The number of nitrogens with zero attached hydrogens (tertiary/aromatic N) is 2. The maximum absolute atomic E-state index is 13.7. The minimum Gasteiger partial charge on any atom is -0.464 e. The van der Waals surface area contributed by atoms with Crippen LogP contribution in [0, 0.1) is 5.82 Å². The Morgan fingerprint density at radius 3 is 2.95 bits per heavy atom. The lowest BCUT2D eigenvalue weighted by Gasteiger charge is -2.03. The third-order valence-corrected chi connectivity index (χ3v) is 3.01. The van der Waals surface area contributed by atoms with Crippen LogP contribution in [-0.2, 0) is 11.3 Å². The lowest BCUT2D eigenvalue weighted by Crippen LogP contribution is -2.07. The lowest BCUT2D eigenvalue weighted by molar-refractivity contribution is 0.0594. The molecular formula is C12H11BrFN3O2. The molecule has 19 heavy (non-hydrogen) atoms. The minimum atomic E-state index is -0.618. The average Bonchev–Trinajstić information content (AvgIpc) is 2.73. The first kappa shape index (κ1) is 13.5. The van der Waals surface area contributed by atoms with Gasteiger partial charge in [-0.2, -0.15) is 5.10 Å². The number of carbonyl (C=O) groups is 1. The molecule has 2 aromatic rings. The van der Waals surface area contributed by atoms with Crippen LogP contribution in [0.4, 0.5) is 10.1 Å². The van der Waals surface area contributed by atoms with Gasteiger partial charge in [-0.25, -0.2) is 9.18 Å². The molecule has 0 atom stereocenters. The van der Waals surface area contributed by atoms with Gasteiger partial charge in [0.1, 0.15) is 5.82 Å². The van der Waals surface area contributed by atoms with E-state index in [4.69, 9.17) is 5.73 Å². The highest BCUT2D eigenvalue weighted by Gasteiger charge is 2.15. The van der Waals surface area contributed by atoms with Gasteiger partial charge in [-0.3, -0.25) is 4.68 Å². The molecule has 0 fully saturated rings. The first-order valence-electron chi connectivity index (χ1n) is 5.36. The van der Waals surface area contributed by atoms with Crippen molar-refractivity contribution >= 4 is 27.6 Å². The summed E-state index contributed by atoms with van der Waals surface area (Å²) in [6.07, 6.45) is 1.47. The molecule has 5 nitrogen and oxygen atoms in total. The van der Waals surface area contributed by atoms with E-state index in [1.165, 1.54) is 24.1 Å². The summed E-state index contributed by atoms with van der Waals surface area (Å²) in [7, 11) is 1.25. The second kappa shape index (κ2) is 5.40. The summed E-state index contributed by atoms with van der Waals surface area (Å²) in [5.41, 5.74) is 6.32. The minimum absolute atomic E-state index is 0.0278. The van der Waals surface area contributed by atoms with Crippen LogP contribution in [0.5, 0.6) is 0 Å². The number of nitrogen functional groups attached to an aromatic ring is 1. The Labute approximate surface area is 117 Å². The molecule has 1 aromatic carbocycles. The lowest BCUT2D eigenvalue weighted by atomic mass is 10.2. The predicted octanol–water partition coefficient (Wildman–Crippen LogP) is 2.20. The van der Waals surface area contributed by atoms with Gasteiger partial charge in [0.15, 0.2) is 5.69 Å². The molecule has 0 spiro atoms. The number of hydrogen-bond acceptors (Lipinski definition) is 4. The summed E-state index contributed by atoms with van der Waals surface area (Å²) >= 11 is 3.18. The van der Waals surface area contributed by atoms with Crippen molar-refractivity contribution in [2.75, 3.05) is 12.8 Å². The Hall–Kier alpha value is -1.89. The number of carbonyl (C=O) groups excluding carboxylic acids is 1. The third kappa shape index (κ3) is 2.93. The van der Waals surface area contributed by atoms with Crippen LogP contribution in [0.1, 0.15) is 16.1 Å². The predicted molar refractivity (Wildman–Crippen MR) is 71.2 cm³/mol. The number of halogens is 2. The van der Waals surface area contributed by atoms with Gasteiger partial charge in [-0.05, 0) is 12.1 Å². The van der Waals surface area contributed by atoms with Gasteiger partial charge in [0.05, 0.1) is 19.3 Å². The number of anilines is 1. The first-order valence-corrected chi connectivity index (χ1v) is 6.15. The Morgan fingerprint density at radius 1 is 1.58 bits per heavy atom. The maximum Gasteiger partial charge on any atom is 0.360 e. The molecule has 2 rings (SSSR count). The van der Waals surface area contributed by atoms with E-state index >= 15 is 0 Å². The summed E-state index contributed by atoms with van der Waals surface area (Å²) in [6.45, 7) is 0.181. The van der Waals surface area contributed by atoms with Crippen LogP contribution < -0.4 is 5.73 Å². The zero-order valence-electron chi connectivity index (χ0n) is 10.1. The van der Waals surface area contributed by atoms with Crippen molar-refractivity contribution in [3.8, 4) is 0 Å². The fourth-order valence-corrected chi connectivity index (χ4v) is 1.93. The maximum atomic E-state index is 13.7. The SMILES string of the molecule is COC(=O)c1nn(Cc2ccc(Br)cc2F)cc1N. The molecule has 7 heteroatoms. The molecular weight excluding hydrogens is 317 g/mol. The van der Waals surface area contributed by atoms with Crippen molar-refractivity contribution in [1.29, 1.82) is 0 Å². The van der Waals surface area contributed by atoms with Crippen LogP contribution in [0.2, 0.25) is 0 Å². The number of nitrogens with two attached hydrogens (primary N) is 1. The van der Waals surface area contributed by atoms with Crippen LogP contribution in [0.15, 0.2) is 28.9 Å². The van der Waals surface area contributed by atoms with Gasteiger partial charge in [-0.15, -0.1) is 0 Å². The number of hydrogen-bond donors (Lipinski definition) is 1. The molecule has 0 bridgehead atoms. The monoisotopic (exact) mass is 327 g/mol. The second-order valence-corrected chi connectivity index (χ2v) is 4.77. The molecule has 0 aliphatic heterocycles. The summed E-state index contributed by atoms with van der Waals surface area (Å²) in [5, 5.41) is 3.98. The zero-order valence-corrected chi connectivity index (χ0v) is 11.6. The molecule has 0 unspecified atom stereocenters. The van der Waals surface area contributed by atoms with E-state index < -0.39 is 5.97 Å². The average molecular weight is 328 g/mol. The van der Waals surface area contributed by atoms with Gasteiger partial charge in [0.25, 0.3) is 0 Å². The third-order valence-electron chi connectivity index (χ3n) is 2.52. The van der Waals surface area contributed by atoms with Crippen LogP contribution in [0.25, 0.3) is 0 Å². The smallest absolute Gasteiger partial charge is 0.360 e. The van der Waals surface area contributed by atoms with Gasteiger partial charge >= 0.3 is 5.97 Å². The van der Waals surface area contributed by atoms with Crippen molar-refractivity contribution in [3.63, 3.8) is 0 Å². The standard InChI is InChI=1S/C12H11BrFN3O2/c1-19-12(18)11-10(15)6-17(16-11)5-7-2-3-8(13)4-9(7)14/h2-4,6H,5,15H2,1H3. The molecule has 0 amide bonds. The van der Waals surface area contributed by atoms with E-state index in [-0.39, 0.29) is 23.7 Å². The highest BCUT2D eigenvalue weighted by atomic mass is 79.9. The topological polar surface area (TPSA) is 70.1 Å². The Bertz CT molecular complexity index is 627. The normalized spacial score (nSPS) is 10.5. The highest BCUT2D eigenvalue weighted by Crippen LogP contribution is 2.17. The fourth-order valence-electron chi connectivity index (χ4n) is 1.60. The molecule has 1 heterocycles. The number of ether oxygens (including phenoxy) is 1. The molecule has 0 aliphatic rings. The Morgan fingerprint density at radius 2 is 2.32 bits per heavy atom. The number of benzene rings is 1. The van der Waals surface area contributed by atoms with E-state index in [9.17, 15) is 9.18 Å². The quantitative estimate of drug-likeness (QED) is 0.877. The molecule has 0 aliphatic carbocycles. The van der Waals surface area contributed by atoms with Crippen molar-refractivity contribution in [3.05, 3.63) is 45.9 Å². The zero-order chi connectivity index (χ0) is 14.0. The summed E-state index contributed by atoms with van der Waals surface area (Å²) in [4.78, 5) is 11.4. The Balaban J connectivity index is 2.26. The number of aromatic nitrogens is 2. The van der Waals surface area contributed by atoms with Gasteiger partial charge in [0.2, 0.25) is 0 Å². The summed E-state index contributed by atoms with van der Waals surface area (Å²) in [6, 6.07) is 4.73. The van der Waals surface area contributed by atoms with Crippen molar-refractivity contribution in [1.82, 2.24) is 9.78 Å². The molecule has 0 radical (unpaired) electrons. The van der Waals surface area contributed by atoms with E-state index in [0.29, 0.717) is 10.0 Å². The van der Waals surface area contributed by atoms with Crippen LogP contribution >= 0.6 is 15.9 Å². The van der Waals surface area contributed by atoms with E-state index in [2.05, 4.69) is 25.8 Å². The molecule has 2 N–H and O–H groups in total. The van der Waals surface area contributed by atoms with Gasteiger partial charge < -0.3 is 10.5 Å². The van der Waals surface area contributed by atoms with Gasteiger partial charge in [-0.1, -0.05) is 22.0 Å². The highest BCUT2D eigenvalue weighted by molar-refractivity contribution is 9.10. The van der Waals surface area contributed by atoms with Gasteiger partial charge in [0, 0.05) is 16.2 Å². The number of rotatable bonds is 3. The Kier molecular flexibility index (Phi) is 3.84. The first-order chi connectivity index (χ1) is 9.01. The van der Waals surface area contributed by atoms with Crippen molar-refractivity contribution in [2.45, 2.75) is 6.54 Å². The molecule has 0 saturated carbocycles. The van der Waals surface area contributed by atoms with E-state index in [1.54, 1.807) is 12.1 Å². The molecule has 1 aromatic heterocycles.